The van der Waals surface area contributed by atoms with Gasteiger partial charge >= 0.3 is 6.18 Å². The van der Waals surface area contributed by atoms with Crippen LogP contribution in [0.1, 0.15) is 37.5 Å². The Morgan fingerprint density at radius 3 is 2.03 bits per heavy atom. The Balaban J connectivity index is 1.98. The second-order valence-electron chi connectivity index (χ2n) is 8.65. The maximum absolute atomic E-state index is 13.1. The van der Waals surface area contributed by atoms with Crippen LogP contribution in [-0.2, 0) is 4.84 Å². The molecule has 0 bridgehead atoms. The van der Waals surface area contributed by atoms with Gasteiger partial charge in [-0.25, -0.2) is 0 Å². The average molecular weight is 480 g/mol. The summed E-state index contributed by atoms with van der Waals surface area (Å²) in [5, 5.41) is 3.10. The lowest BCUT2D eigenvalue weighted by atomic mass is 9.96. The first-order valence-electron chi connectivity index (χ1n) is 10.9. The van der Waals surface area contributed by atoms with Crippen LogP contribution in [0.15, 0.2) is 53.7 Å². The first kappa shape index (κ1) is 27.1. The molecule has 0 heterocycles. The van der Waals surface area contributed by atoms with Crippen molar-refractivity contribution >= 4 is 5.71 Å². The minimum atomic E-state index is -4.62. The number of hydrogen-bond donors (Lipinski definition) is 0. The van der Waals surface area contributed by atoms with Crippen LogP contribution in [0.3, 0.4) is 0 Å². The molecule has 0 unspecified atom stereocenters. The third kappa shape index (κ3) is 8.01. The van der Waals surface area contributed by atoms with Gasteiger partial charge in [-0.05, 0) is 68.3 Å². The highest BCUT2D eigenvalue weighted by atomic mass is 19.4. The zero-order valence-corrected chi connectivity index (χ0v) is 20.5. The molecule has 0 saturated heterocycles. The van der Waals surface area contributed by atoms with E-state index in [-0.39, 0.29) is 11.0 Å². The lowest BCUT2D eigenvalue weighted by molar-refractivity contribution is -0.0608. The van der Waals surface area contributed by atoms with Crippen molar-refractivity contribution in [2.75, 3.05) is 26.9 Å². The number of halogens is 3. The van der Waals surface area contributed by atoms with Crippen LogP contribution < -0.4 is 14.2 Å². The number of aryl methyl sites for hydroxylation is 2. The number of rotatable bonds is 11. The van der Waals surface area contributed by atoms with Crippen molar-refractivity contribution in [2.45, 2.75) is 40.8 Å². The summed E-state index contributed by atoms with van der Waals surface area (Å²) in [6.07, 6.45) is -0.746. The zero-order chi connectivity index (χ0) is 25.4. The summed E-state index contributed by atoms with van der Waals surface area (Å²) in [5.41, 5.74) is 0.391. The summed E-state index contributed by atoms with van der Waals surface area (Å²) in [4.78, 5) is 4.33. The molecule has 0 spiro atoms. The largest absolute Gasteiger partial charge is 0.493 e. The van der Waals surface area contributed by atoms with Gasteiger partial charge in [-0.1, -0.05) is 31.2 Å². The molecule has 0 aromatic heterocycles. The predicted octanol–water partition coefficient (Wildman–Crippen LogP) is 6.66. The summed E-state index contributed by atoms with van der Waals surface area (Å²) >= 11 is 0. The standard InChI is InChI=1S/C26H32F3NO4/c1-7-8-13-32-22-14-18(2)23(19(3)15-22)34-17-25(4,5)16-33-21-11-9-20(10-12-21)24(30-31-6)26(27,28)29/h7-12,14-15H,13,16-17H2,1-6H3/b8-7+,30-24?. The number of alkyl halides is 3. The molecule has 0 saturated carbocycles. The molecule has 2 aromatic carbocycles. The number of hydrogen-bond acceptors (Lipinski definition) is 5. The van der Waals surface area contributed by atoms with Crippen molar-refractivity contribution < 1.29 is 32.2 Å². The smallest absolute Gasteiger partial charge is 0.437 e. The van der Waals surface area contributed by atoms with Gasteiger partial charge in [-0.15, -0.1) is 0 Å². The first-order chi connectivity index (χ1) is 16.0. The molecule has 0 amide bonds. The molecule has 0 aliphatic carbocycles. The van der Waals surface area contributed by atoms with Crippen LogP contribution in [0, 0.1) is 19.3 Å². The van der Waals surface area contributed by atoms with E-state index in [1.165, 1.54) is 24.3 Å². The average Bonchev–Trinajstić information content (AvgIpc) is 2.75. The summed E-state index contributed by atoms with van der Waals surface area (Å²) < 4.78 is 57.0. The van der Waals surface area contributed by atoms with Crippen LogP contribution in [-0.4, -0.2) is 38.8 Å². The molecule has 0 radical (unpaired) electrons. The van der Waals surface area contributed by atoms with Gasteiger partial charge in [0.1, 0.15) is 31.0 Å². The van der Waals surface area contributed by atoms with Crippen molar-refractivity contribution in [1.82, 2.24) is 0 Å². The summed E-state index contributed by atoms with van der Waals surface area (Å²) in [6, 6.07) is 9.44. The fraction of sp³-hybridized carbons (Fsp3) is 0.423. The maximum atomic E-state index is 13.1. The first-order valence-corrected chi connectivity index (χ1v) is 10.9. The van der Waals surface area contributed by atoms with Gasteiger partial charge in [0, 0.05) is 11.0 Å². The maximum Gasteiger partial charge on any atom is 0.437 e. The zero-order valence-electron chi connectivity index (χ0n) is 20.5. The van der Waals surface area contributed by atoms with E-state index < -0.39 is 11.9 Å². The quantitative estimate of drug-likeness (QED) is 0.206. The van der Waals surface area contributed by atoms with E-state index in [9.17, 15) is 13.2 Å². The minimum absolute atomic E-state index is 0.103. The lowest BCUT2D eigenvalue weighted by Crippen LogP contribution is -2.29. The Hall–Kier alpha value is -3.16. The summed E-state index contributed by atoms with van der Waals surface area (Å²) in [5.74, 6) is 2.04. The van der Waals surface area contributed by atoms with E-state index in [0.717, 1.165) is 29.7 Å². The number of oxime groups is 1. The Labute approximate surface area is 199 Å². The SMILES string of the molecule is C/C=C/COc1cc(C)c(OCC(C)(C)COc2ccc(C(=NOC)C(F)(F)F)cc2)c(C)c1. The highest BCUT2D eigenvalue weighted by molar-refractivity contribution is 6.04. The number of allylic oxidation sites excluding steroid dienone is 1. The van der Waals surface area contributed by atoms with Gasteiger partial charge in [-0.2, -0.15) is 13.2 Å². The number of nitrogens with zero attached hydrogens (tertiary/aromatic N) is 1. The number of benzene rings is 2. The second kappa shape index (κ2) is 11.8. The highest BCUT2D eigenvalue weighted by Gasteiger charge is 2.37. The Bertz CT molecular complexity index is 973. The molecular weight excluding hydrogens is 447 g/mol. The van der Waals surface area contributed by atoms with Crippen molar-refractivity contribution in [3.8, 4) is 17.2 Å². The normalized spacial score (nSPS) is 12.7. The fourth-order valence-electron chi connectivity index (χ4n) is 3.12. The molecule has 186 valence electrons. The number of ether oxygens (including phenoxy) is 3. The van der Waals surface area contributed by atoms with Gasteiger partial charge in [0.15, 0.2) is 5.71 Å². The van der Waals surface area contributed by atoms with Gasteiger partial charge in [0.05, 0.1) is 13.2 Å². The van der Waals surface area contributed by atoms with Crippen LogP contribution in [0.5, 0.6) is 17.2 Å². The van der Waals surface area contributed by atoms with E-state index in [2.05, 4.69) is 9.99 Å². The van der Waals surface area contributed by atoms with E-state index in [1.807, 2.05) is 58.9 Å². The monoisotopic (exact) mass is 479 g/mol. The molecule has 0 aliphatic heterocycles. The van der Waals surface area contributed by atoms with E-state index in [0.29, 0.717) is 25.6 Å². The third-order valence-corrected chi connectivity index (χ3v) is 4.83. The van der Waals surface area contributed by atoms with Crippen molar-refractivity contribution in [1.29, 1.82) is 0 Å². The molecule has 2 aromatic rings. The van der Waals surface area contributed by atoms with Gasteiger partial charge < -0.3 is 19.0 Å². The molecule has 0 aliphatic rings. The molecular formula is C26H32F3NO4. The van der Waals surface area contributed by atoms with Crippen LogP contribution >= 0.6 is 0 Å². The van der Waals surface area contributed by atoms with Crippen molar-refractivity contribution in [3.05, 3.63) is 65.2 Å². The fourth-order valence-corrected chi connectivity index (χ4v) is 3.12. The van der Waals surface area contributed by atoms with Crippen molar-refractivity contribution in [2.24, 2.45) is 10.6 Å². The van der Waals surface area contributed by atoms with Crippen LogP contribution in [0.2, 0.25) is 0 Å². The highest BCUT2D eigenvalue weighted by Crippen LogP contribution is 2.31. The summed E-state index contributed by atoms with van der Waals surface area (Å²) in [6.45, 7) is 11.1. The molecule has 0 atom stereocenters. The van der Waals surface area contributed by atoms with E-state index in [1.54, 1.807) is 0 Å². The second-order valence-corrected chi connectivity index (χ2v) is 8.65. The van der Waals surface area contributed by atoms with Crippen LogP contribution in [0.25, 0.3) is 0 Å². The summed E-state index contributed by atoms with van der Waals surface area (Å²) in [7, 11) is 1.07. The van der Waals surface area contributed by atoms with Gasteiger partial charge in [0.2, 0.25) is 0 Å². The molecule has 0 N–H and O–H groups in total. The lowest BCUT2D eigenvalue weighted by Gasteiger charge is -2.26. The van der Waals surface area contributed by atoms with Gasteiger partial charge in [0.25, 0.3) is 0 Å². The molecule has 8 heteroatoms. The van der Waals surface area contributed by atoms with Gasteiger partial charge in [-0.3, -0.25) is 0 Å². The van der Waals surface area contributed by atoms with Crippen molar-refractivity contribution in [3.63, 3.8) is 0 Å². The Morgan fingerprint density at radius 1 is 0.912 bits per heavy atom. The topological polar surface area (TPSA) is 49.3 Å². The van der Waals surface area contributed by atoms with E-state index >= 15 is 0 Å². The van der Waals surface area contributed by atoms with Crippen LogP contribution in [0.4, 0.5) is 13.2 Å². The molecule has 34 heavy (non-hydrogen) atoms. The third-order valence-electron chi connectivity index (χ3n) is 4.83. The molecule has 0 fully saturated rings. The van der Waals surface area contributed by atoms with E-state index in [4.69, 9.17) is 14.2 Å². The molecule has 2 rings (SSSR count). The Kier molecular flexibility index (Phi) is 9.41. The Morgan fingerprint density at radius 2 is 1.50 bits per heavy atom. The molecule has 5 nitrogen and oxygen atoms in total. The predicted molar refractivity (Wildman–Crippen MR) is 127 cm³/mol. The minimum Gasteiger partial charge on any atom is -0.493 e.